The molecule has 0 radical (unpaired) electrons. The third-order valence-corrected chi connectivity index (χ3v) is 5.48. The molecule has 6 nitrogen and oxygen atoms in total. The van der Waals surface area contributed by atoms with Crippen molar-refractivity contribution in [3.8, 4) is 5.75 Å². The van der Waals surface area contributed by atoms with E-state index in [2.05, 4.69) is 0 Å². The van der Waals surface area contributed by atoms with Crippen molar-refractivity contribution in [2.75, 3.05) is 13.2 Å². The van der Waals surface area contributed by atoms with Crippen LogP contribution >= 0.6 is 23.2 Å². The lowest BCUT2D eigenvalue weighted by molar-refractivity contribution is -0.150. The van der Waals surface area contributed by atoms with Crippen molar-refractivity contribution < 1.29 is 22.7 Å². The van der Waals surface area contributed by atoms with E-state index in [9.17, 15) is 13.2 Å². The Kier molecular flexibility index (Phi) is 4.64. The molecule has 0 aromatic heterocycles. The SMILES string of the molecule is C[C@]1(C(=O)OCCOc2ccc(S(N)(=O)=O)cc2)CC1(Cl)Cl. The molecule has 1 aliphatic rings. The zero-order chi connectivity index (χ0) is 16.6. The molecule has 1 saturated carbocycles. The molecule has 22 heavy (non-hydrogen) atoms. The maximum absolute atomic E-state index is 11.8. The molecule has 0 aliphatic heterocycles. The lowest BCUT2D eigenvalue weighted by atomic mass is 10.1. The second-order valence-electron chi connectivity index (χ2n) is 5.21. The Labute approximate surface area is 138 Å². The van der Waals surface area contributed by atoms with Gasteiger partial charge in [-0.2, -0.15) is 0 Å². The Morgan fingerprint density at radius 2 is 1.82 bits per heavy atom. The van der Waals surface area contributed by atoms with Crippen LogP contribution in [0.25, 0.3) is 0 Å². The molecule has 0 unspecified atom stereocenters. The molecule has 0 amide bonds. The molecule has 0 saturated heterocycles. The van der Waals surface area contributed by atoms with Crippen molar-refractivity contribution in [2.45, 2.75) is 22.6 Å². The molecule has 122 valence electrons. The number of sulfonamides is 1. The fourth-order valence-corrected chi connectivity index (χ4v) is 3.00. The molecule has 1 aliphatic carbocycles. The largest absolute Gasteiger partial charge is 0.490 e. The highest BCUT2D eigenvalue weighted by molar-refractivity contribution is 7.89. The first-order chi connectivity index (χ1) is 10.1. The molecular formula is C13H15Cl2NO5S. The van der Waals surface area contributed by atoms with Gasteiger partial charge in [-0.15, -0.1) is 23.2 Å². The number of primary sulfonamides is 1. The van der Waals surface area contributed by atoms with Crippen LogP contribution in [0.2, 0.25) is 0 Å². The molecule has 2 rings (SSSR count). The molecule has 0 heterocycles. The fraction of sp³-hybridized carbons (Fsp3) is 0.462. The highest BCUT2D eigenvalue weighted by Crippen LogP contribution is 2.64. The lowest BCUT2D eigenvalue weighted by Gasteiger charge is -2.12. The molecule has 1 fully saturated rings. The van der Waals surface area contributed by atoms with E-state index >= 15 is 0 Å². The highest BCUT2D eigenvalue weighted by atomic mass is 35.5. The van der Waals surface area contributed by atoms with Gasteiger partial charge in [0.25, 0.3) is 0 Å². The van der Waals surface area contributed by atoms with Crippen LogP contribution in [0.4, 0.5) is 0 Å². The van der Waals surface area contributed by atoms with Crippen molar-refractivity contribution >= 4 is 39.2 Å². The van der Waals surface area contributed by atoms with Gasteiger partial charge in [0.2, 0.25) is 10.0 Å². The first-order valence-electron chi connectivity index (χ1n) is 6.37. The van der Waals surface area contributed by atoms with Gasteiger partial charge in [-0.25, -0.2) is 13.6 Å². The van der Waals surface area contributed by atoms with Gasteiger partial charge in [0.05, 0.1) is 4.90 Å². The number of hydrogen-bond acceptors (Lipinski definition) is 5. The van der Waals surface area contributed by atoms with Crippen molar-refractivity contribution in [2.24, 2.45) is 10.6 Å². The van der Waals surface area contributed by atoms with E-state index in [1.54, 1.807) is 6.92 Å². The third-order valence-electron chi connectivity index (χ3n) is 3.45. The summed E-state index contributed by atoms with van der Waals surface area (Å²) in [5.41, 5.74) is -0.868. The fourth-order valence-electron chi connectivity index (χ4n) is 1.80. The molecule has 0 spiro atoms. The minimum absolute atomic E-state index is 0.00602. The molecule has 0 bridgehead atoms. The van der Waals surface area contributed by atoms with E-state index in [-0.39, 0.29) is 18.1 Å². The quantitative estimate of drug-likeness (QED) is 0.470. The van der Waals surface area contributed by atoms with Crippen molar-refractivity contribution in [1.82, 2.24) is 0 Å². The predicted molar refractivity (Wildman–Crippen MR) is 81.4 cm³/mol. The average molecular weight is 368 g/mol. The number of carbonyl (C=O) groups is 1. The average Bonchev–Trinajstić information content (AvgIpc) is 2.94. The Morgan fingerprint density at radius 1 is 1.27 bits per heavy atom. The third kappa shape index (κ3) is 3.65. The standard InChI is InChI=1S/C13H15Cl2NO5S/c1-12(8-13(12,14)15)11(17)21-7-6-20-9-2-4-10(5-3-9)22(16,18)19/h2-5H,6-8H2,1H3,(H2,16,18,19)/t12-/m1/s1. The number of hydrogen-bond donors (Lipinski definition) is 1. The van der Waals surface area contributed by atoms with E-state index in [0.29, 0.717) is 12.2 Å². The Bertz CT molecular complexity index is 674. The zero-order valence-corrected chi connectivity index (χ0v) is 14.0. The minimum Gasteiger partial charge on any atom is -0.490 e. The molecule has 1 aromatic carbocycles. The smallest absolute Gasteiger partial charge is 0.315 e. The Hall–Kier alpha value is -1.02. The van der Waals surface area contributed by atoms with E-state index in [1.807, 2.05) is 0 Å². The second kappa shape index (κ2) is 5.88. The van der Waals surface area contributed by atoms with Gasteiger partial charge in [0.1, 0.15) is 28.7 Å². The number of nitrogens with two attached hydrogens (primary N) is 1. The van der Waals surface area contributed by atoms with Gasteiger partial charge >= 0.3 is 5.97 Å². The number of ether oxygens (including phenoxy) is 2. The number of benzene rings is 1. The second-order valence-corrected chi connectivity index (χ2v) is 8.26. The number of carbonyl (C=O) groups excluding carboxylic acids is 1. The summed E-state index contributed by atoms with van der Waals surface area (Å²) in [5.74, 6) is -0.0317. The Morgan fingerprint density at radius 3 is 2.27 bits per heavy atom. The van der Waals surface area contributed by atoms with Crippen molar-refractivity contribution in [1.29, 1.82) is 0 Å². The van der Waals surface area contributed by atoms with Crippen LogP contribution in [0.3, 0.4) is 0 Å². The molecule has 1 atom stereocenters. The number of esters is 1. The minimum atomic E-state index is -3.73. The molecule has 2 N–H and O–H groups in total. The normalized spacial score (nSPS) is 22.9. The summed E-state index contributed by atoms with van der Waals surface area (Å²) < 4.78 is 31.5. The lowest BCUT2D eigenvalue weighted by Crippen LogP contribution is -2.23. The van der Waals surface area contributed by atoms with Gasteiger partial charge in [0, 0.05) is 6.42 Å². The summed E-state index contributed by atoms with van der Waals surface area (Å²) in [4.78, 5) is 11.8. The summed E-state index contributed by atoms with van der Waals surface area (Å²) in [6.07, 6.45) is 0.359. The Balaban J connectivity index is 1.77. The number of halogens is 2. The molecular weight excluding hydrogens is 353 g/mol. The maximum Gasteiger partial charge on any atom is 0.315 e. The van der Waals surface area contributed by atoms with E-state index in [0.717, 1.165) is 0 Å². The monoisotopic (exact) mass is 367 g/mol. The van der Waals surface area contributed by atoms with Gasteiger partial charge < -0.3 is 9.47 Å². The van der Waals surface area contributed by atoms with Gasteiger partial charge in [-0.1, -0.05) is 0 Å². The summed E-state index contributed by atoms with van der Waals surface area (Å²) >= 11 is 11.8. The van der Waals surface area contributed by atoms with Crippen LogP contribution in [-0.2, 0) is 19.6 Å². The summed E-state index contributed by atoms with van der Waals surface area (Å²) in [6.45, 7) is 1.80. The zero-order valence-electron chi connectivity index (χ0n) is 11.7. The first kappa shape index (κ1) is 17.3. The predicted octanol–water partition coefficient (Wildman–Crippen LogP) is 1.84. The van der Waals surface area contributed by atoms with Crippen LogP contribution in [0, 0.1) is 5.41 Å². The van der Waals surface area contributed by atoms with E-state index < -0.39 is 25.7 Å². The van der Waals surface area contributed by atoms with E-state index in [1.165, 1.54) is 24.3 Å². The van der Waals surface area contributed by atoms with Gasteiger partial charge in [0.15, 0.2) is 0 Å². The summed E-state index contributed by atoms with van der Waals surface area (Å²) in [7, 11) is -3.73. The summed E-state index contributed by atoms with van der Waals surface area (Å²) in [6, 6.07) is 5.59. The van der Waals surface area contributed by atoms with Gasteiger partial charge in [-0.3, -0.25) is 4.79 Å². The maximum atomic E-state index is 11.8. The topological polar surface area (TPSA) is 95.7 Å². The first-order valence-corrected chi connectivity index (χ1v) is 8.67. The molecule has 1 aromatic rings. The number of alkyl halides is 2. The highest BCUT2D eigenvalue weighted by Gasteiger charge is 2.69. The van der Waals surface area contributed by atoms with Crippen LogP contribution in [0.5, 0.6) is 5.75 Å². The van der Waals surface area contributed by atoms with Crippen molar-refractivity contribution in [3.05, 3.63) is 24.3 Å². The van der Waals surface area contributed by atoms with Crippen LogP contribution in [0.1, 0.15) is 13.3 Å². The van der Waals surface area contributed by atoms with Crippen LogP contribution < -0.4 is 9.88 Å². The van der Waals surface area contributed by atoms with Crippen LogP contribution in [-0.4, -0.2) is 31.9 Å². The van der Waals surface area contributed by atoms with Crippen LogP contribution in [0.15, 0.2) is 29.2 Å². The van der Waals surface area contributed by atoms with Gasteiger partial charge in [-0.05, 0) is 31.2 Å². The van der Waals surface area contributed by atoms with Crippen molar-refractivity contribution in [3.63, 3.8) is 0 Å². The molecule has 9 heteroatoms. The van der Waals surface area contributed by atoms with E-state index in [4.69, 9.17) is 37.8 Å². The number of rotatable bonds is 6. The summed E-state index contributed by atoms with van der Waals surface area (Å²) in [5, 5.41) is 4.98.